The maximum atomic E-state index is 12.9. The van der Waals surface area contributed by atoms with E-state index in [0.717, 1.165) is 154 Å². The monoisotopic (exact) mass is 1050 g/mol. The lowest BCUT2D eigenvalue weighted by molar-refractivity contribution is -0.167. The normalized spacial score (nSPS) is 13.2. The largest absolute Gasteiger partial charge is 0.462 e. The van der Waals surface area contributed by atoms with E-state index >= 15 is 0 Å². The van der Waals surface area contributed by atoms with E-state index in [9.17, 15) is 14.4 Å². The number of allylic oxidation sites excluding steroid dienone is 26. The number of hydrogen-bond donors (Lipinski definition) is 0. The molecule has 6 heteroatoms. The van der Waals surface area contributed by atoms with E-state index in [1.54, 1.807) is 0 Å². The third-order valence-electron chi connectivity index (χ3n) is 12.2. The van der Waals surface area contributed by atoms with Crippen LogP contribution in [0.3, 0.4) is 0 Å². The van der Waals surface area contributed by atoms with Crippen molar-refractivity contribution < 1.29 is 28.6 Å². The first-order chi connectivity index (χ1) is 37.5. The second-order valence-corrected chi connectivity index (χ2v) is 19.5. The van der Waals surface area contributed by atoms with Gasteiger partial charge in [0.2, 0.25) is 0 Å². The first kappa shape index (κ1) is 71.0. The molecule has 0 aliphatic heterocycles. The molecular formula is C70H110O6. The second-order valence-electron chi connectivity index (χ2n) is 19.5. The number of carbonyl (C=O) groups is 3. The number of carbonyl (C=O) groups excluding carboxylic acids is 3. The predicted molar refractivity (Wildman–Crippen MR) is 329 cm³/mol. The molecule has 0 spiro atoms. The highest BCUT2D eigenvalue weighted by Gasteiger charge is 2.19. The van der Waals surface area contributed by atoms with Crippen molar-refractivity contribution in [1.29, 1.82) is 0 Å². The summed E-state index contributed by atoms with van der Waals surface area (Å²) in [6.45, 7) is 6.31. The van der Waals surface area contributed by atoms with Crippen LogP contribution in [0, 0.1) is 0 Å². The first-order valence-corrected chi connectivity index (χ1v) is 30.5. The minimum atomic E-state index is -0.829. The molecule has 0 N–H and O–H groups in total. The SMILES string of the molecule is CC/C=C\C/C=C\C/C=C\C/C=C\C/C=C\C/C=C\CCCCCCCCC(=O)OCC(COC(=O)CCCCCCC/C=C\C/C=C\CCCCCC)OC(=O)CCC/C=C\C/C=C\C/C=C\C/C=C\C/C=C\CC. The standard InChI is InChI=1S/C70H110O6/c1-4-7-10-13-16-19-22-25-28-31-32-33-34-35-36-37-38-40-42-45-48-51-54-57-60-63-69(72)75-66-67(65-74-68(71)62-59-56-53-50-47-44-41-30-27-24-21-18-15-12-9-6-3)76-70(73)64-61-58-55-52-49-46-43-39-29-26-23-20-17-14-11-8-5-2/h7-8,10-11,16-17,19-21,24-26,28-30,32-33,35-36,38,40-41,43,46,52,55,67H,4-6,9,12-15,18,22-23,27,31,34,37,39,42,44-45,47-51,53-54,56-66H2,1-3H3/b10-7-,11-8-,19-16-,20-17-,24-21-,28-25-,29-26-,33-32-,36-35-,40-38-,41-30-,46-43-,55-52-. The second kappa shape index (κ2) is 62.6. The average molecular weight is 1050 g/mol. The Morgan fingerprint density at radius 3 is 0.842 bits per heavy atom. The zero-order chi connectivity index (χ0) is 55.0. The van der Waals surface area contributed by atoms with Gasteiger partial charge in [0.15, 0.2) is 6.10 Å². The number of esters is 3. The number of unbranched alkanes of at least 4 members (excludes halogenated alkanes) is 16. The molecule has 0 saturated carbocycles. The number of rotatable bonds is 53. The summed E-state index contributed by atoms with van der Waals surface area (Å²) >= 11 is 0. The summed E-state index contributed by atoms with van der Waals surface area (Å²) in [5.74, 6) is -1.01. The van der Waals surface area contributed by atoms with Gasteiger partial charge in [-0.3, -0.25) is 14.4 Å². The third kappa shape index (κ3) is 59.9. The molecule has 0 aliphatic rings. The Balaban J connectivity index is 4.52. The molecule has 76 heavy (non-hydrogen) atoms. The van der Waals surface area contributed by atoms with Gasteiger partial charge in [-0.15, -0.1) is 0 Å². The fourth-order valence-corrected chi connectivity index (χ4v) is 7.75. The molecule has 0 bridgehead atoms. The van der Waals surface area contributed by atoms with Gasteiger partial charge in [-0.05, 0) is 141 Å². The molecule has 1 unspecified atom stereocenters. The van der Waals surface area contributed by atoms with Crippen molar-refractivity contribution in [3.8, 4) is 0 Å². The van der Waals surface area contributed by atoms with Gasteiger partial charge in [0.25, 0.3) is 0 Å². The molecular weight excluding hydrogens is 937 g/mol. The summed E-state index contributed by atoms with van der Waals surface area (Å²) in [5.41, 5.74) is 0. The summed E-state index contributed by atoms with van der Waals surface area (Å²) in [6.07, 6.45) is 91.0. The Hall–Kier alpha value is -4.97. The quantitative estimate of drug-likeness (QED) is 0.0261. The van der Waals surface area contributed by atoms with Gasteiger partial charge >= 0.3 is 17.9 Å². The lowest BCUT2D eigenvalue weighted by atomic mass is 10.1. The van der Waals surface area contributed by atoms with Gasteiger partial charge in [-0.2, -0.15) is 0 Å². The Labute approximate surface area is 467 Å². The van der Waals surface area contributed by atoms with E-state index in [0.29, 0.717) is 19.3 Å². The van der Waals surface area contributed by atoms with Crippen LogP contribution in [0.2, 0.25) is 0 Å². The van der Waals surface area contributed by atoms with Gasteiger partial charge in [0.05, 0.1) is 0 Å². The van der Waals surface area contributed by atoms with Crippen LogP contribution >= 0.6 is 0 Å². The Bertz CT molecular complexity index is 1720. The molecule has 426 valence electrons. The Kier molecular flexibility index (Phi) is 58.5. The van der Waals surface area contributed by atoms with Crippen LogP contribution in [-0.2, 0) is 28.6 Å². The third-order valence-corrected chi connectivity index (χ3v) is 12.2. The van der Waals surface area contributed by atoms with Crippen molar-refractivity contribution in [3.63, 3.8) is 0 Å². The maximum Gasteiger partial charge on any atom is 0.306 e. The molecule has 0 rings (SSSR count). The lowest BCUT2D eigenvalue weighted by Gasteiger charge is -2.18. The fraction of sp³-hybridized carbons (Fsp3) is 0.586. The molecule has 0 fully saturated rings. The van der Waals surface area contributed by atoms with E-state index in [1.807, 2.05) is 0 Å². The van der Waals surface area contributed by atoms with Crippen molar-refractivity contribution in [2.45, 2.75) is 252 Å². The lowest BCUT2D eigenvalue weighted by Crippen LogP contribution is -2.30. The molecule has 0 aromatic rings. The summed E-state index contributed by atoms with van der Waals surface area (Å²) in [4.78, 5) is 38.2. The van der Waals surface area contributed by atoms with E-state index in [4.69, 9.17) is 14.2 Å². The minimum absolute atomic E-state index is 0.119. The zero-order valence-corrected chi connectivity index (χ0v) is 48.7. The molecule has 1 atom stereocenters. The summed E-state index contributed by atoms with van der Waals surface area (Å²) < 4.78 is 16.8. The maximum absolute atomic E-state index is 12.9. The van der Waals surface area contributed by atoms with Crippen LogP contribution in [0.25, 0.3) is 0 Å². The van der Waals surface area contributed by atoms with Gasteiger partial charge in [-0.25, -0.2) is 0 Å². The van der Waals surface area contributed by atoms with E-state index in [2.05, 4.69) is 179 Å². The highest BCUT2D eigenvalue weighted by Crippen LogP contribution is 2.13. The van der Waals surface area contributed by atoms with Crippen LogP contribution < -0.4 is 0 Å². The Morgan fingerprint density at radius 1 is 0.276 bits per heavy atom. The fourth-order valence-electron chi connectivity index (χ4n) is 7.75. The highest BCUT2D eigenvalue weighted by molar-refractivity contribution is 5.71. The molecule has 0 amide bonds. The molecule has 0 aromatic heterocycles. The zero-order valence-electron chi connectivity index (χ0n) is 48.7. The van der Waals surface area contributed by atoms with Crippen molar-refractivity contribution >= 4 is 17.9 Å². The van der Waals surface area contributed by atoms with Crippen molar-refractivity contribution in [2.24, 2.45) is 0 Å². The van der Waals surface area contributed by atoms with Crippen molar-refractivity contribution in [2.75, 3.05) is 13.2 Å². The molecule has 0 aromatic carbocycles. The Morgan fingerprint density at radius 2 is 0.526 bits per heavy atom. The van der Waals surface area contributed by atoms with Gasteiger partial charge < -0.3 is 14.2 Å². The molecule has 6 nitrogen and oxygen atoms in total. The summed E-state index contributed by atoms with van der Waals surface area (Å²) in [6, 6.07) is 0. The average Bonchev–Trinajstić information content (AvgIpc) is 3.42. The highest BCUT2D eigenvalue weighted by atomic mass is 16.6. The van der Waals surface area contributed by atoms with E-state index < -0.39 is 6.10 Å². The topological polar surface area (TPSA) is 78.9 Å². The van der Waals surface area contributed by atoms with Gasteiger partial charge in [0, 0.05) is 19.3 Å². The molecule has 0 aliphatic carbocycles. The summed E-state index contributed by atoms with van der Waals surface area (Å²) in [5, 5.41) is 0. The van der Waals surface area contributed by atoms with Crippen LogP contribution in [0.5, 0.6) is 0 Å². The molecule has 0 heterocycles. The first-order valence-electron chi connectivity index (χ1n) is 30.5. The van der Waals surface area contributed by atoms with Gasteiger partial charge in [-0.1, -0.05) is 243 Å². The van der Waals surface area contributed by atoms with Crippen LogP contribution in [0.4, 0.5) is 0 Å². The van der Waals surface area contributed by atoms with Crippen molar-refractivity contribution in [1.82, 2.24) is 0 Å². The van der Waals surface area contributed by atoms with Crippen LogP contribution in [-0.4, -0.2) is 37.2 Å². The van der Waals surface area contributed by atoms with E-state index in [1.165, 1.54) is 44.9 Å². The van der Waals surface area contributed by atoms with Crippen LogP contribution in [0.1, 0.15) is 245 Å². The minimum Gasteiger partial charge on any atom is -0.462 e. The molecule has 0 saturated heterocycles. The van der Waals surface area contributed by atoms with Gasteiger partial charge in [0.1, 0.15) is 13.2 Å². The molecule has 0 radical (unpaired) electrons. The van der Waals surface area contributed by atoms with E-state index in [-0.39, 0.29) is 37.5 Å². The smallest absolute Gasteiger partial charge is 0.306 e. The predicted octanol–water partition coefficient (Wildman–Crippen LogP) is 20.9. The summed E-state index contributed by atoms with van der Waals surface area (Å²) in [7, 11) is 0. The number of hydrogen-bond acceptors (Lipinski definition) is 6. The van der Waals surface area contributed by atoms with Crippen molar-refractivity contribution in [3.05, 3.63) is 158 Å². The number of ether oxygens (including phenoxy) is 3. The van der Waals surface area contributed by atoms with Crippen LogP contribution in [0.15, 0.2) is 158 Å².